The Bertz CT molecular complexity index is 1310. The number of nitrogens with zero attached hydrogens (tertiary/aromatic N) is 4. The van der Waals surface area contributed by atoms with Crippen LogP contribution in [0.4, 0.5) is 9.18 Å². The van der Waals surface area contributed by atoms with Gasteiger partial charge in [0.1, 0.15) is 17.1 Å². The lowest BCUT2D eigenvalue weighted by Gasteiger charge is -2.49. The van der Waals surface area contributed by atoms with E-state index in [0.29, 0.717) is 31.5 Å². The summed E-state index contributed by atoms with van der Waals surface area (Å²) in [5, 5.41) is 4.60. The number of aromatic nitrogens is 3. The third-order valence-corrected chi connectivity index (χ3v) is 7.23. The summed E-state index contributed by atoms with van der Waals surface area (Å²) in [6, 6.07) is 9.93. The lowest BCUT2D eigenvalue weighted by Crippen LogP contribution is -2.58. The third kappa shape index (κ3) is 4.40. The van der Waals surface area contributed by atoms with Crippen molar-refractivity contribution >= 4 is 11.9 Å². The third-order valence-electron chi connectivity index (χ3n) is 7.23. The van der Waals surface area contributed by atoms with Gasteiger partial charge in [-0.2, -0.15) is 5.10 Å². The number of ketones is 1. The van der Waals surface area contributed by atoms with Crippen LogP contribution in [0.2, 0.25) is 0 Å². The zero-order chi connectivity index (χ0) is 25.7. The largest absolute Gasteiger partial charge is 0.444 e. The van der Waals surface area contributed by atoms with E-state index >= 15 is 0 Å². The fraction of sp³-hybridized carbons (Fsp3) is 0.429. The zero-order valence-electron chi connectivity index (χ0n) is 21.1. The first-order chi connectivity index (χ1) is 17.1. The van der Waals surface area contributed by atoms with Crippen molar-refractivity contribution in [2.24, 2.45) is 11.3 Å². The van der Waals surface area contributed by atoms with Crippen molar-refractivity contribution in [1.29, 1.82) is 0 Å². The van der Waals surface area contributed by atoms with Gasteiger partial charge in [0.2, 0.25) is 0 Å². The number of halogens is 1. The molecule has 1 saturated heterocycles. The van der Waals surface area contributed by atoms with Crippen LogP contribution in [0, 0.1) is 24.1 Å². The molecule has 1 aliphatic heterocycles. The van der Waals surface area contributed by atoms with Crippen LogP contribution in [0.25, 0.3) is 5.69 Å². The molecule has 1 aliphatic carbocycles. The average Bonchev–Trinajstić information content (AvgIpc) is 3.23. The van der Waals surface area contributed by atoms with Crippen molar-refractivity contribution in [3.05, 3.63) is 77.1 Å². The number of carbonyl (C=O) groups excluding carboxylic acids is 2. The summed E-state index contributed by atoms with van der Waals surface area (Å²) in [6.45, 7) is 8.23. The van der Waals surface area contributed by atoms with Crippen molar-refractivity contribution in [3.63, 3.8) is 0 Å². The van der Waals surface area contributed by atoms with Gasteiger partial charge in [0.25, 0.3) is 0 Å². The molecule has 0 bridgehead atoms. The number of likely N-dealkylation sites (tertiary alicyclic amines) is 1. The van der Waals surface area contributed by atoms with Crippen LogP contribution in [0.5, 0.6) is 0 Å². The van der Waals surface area contributed by atoms with Gasteiger partial charge in [-0.3, -0.25) is 9.78 Å². The van der Waals surface area contributed by atoms with Gasteiger partial charge < -0.3 is 9.64 Å². The molecule has 0 N–H and O–H groups in total. The van der Waals surface area contributed by atoms with Gasteiger partial charge in [-0.05, 0) is 100 Å². The van der Waals surface area contributed by atoms with Crippen molar-refractivity contribution in [2.45, 2.75) is 52.6 Å². The van der Waals surface area contributed by atoms with E-state index in [-0.39, 0.29) is 24.1 Å². The summed E-state index contributed by atoms with van der Waals surface area (Å²) in [5.41, 5.74) is 2.68. The molecule has 0 spiro atoms. The van der Waals surface area contributed by atoms with Crippen LogP contribution < -0.4 is 0 Å². The van der Waals surface area contributed by atoms with Gasteiger partial charge in [0.05, 0.1) is 17.3 Å². The van der Waals surface area contributed by atoms with Crippen molar-refractivity contribution in [1.82, 2.24) is 19.7 Å². The Morgan fingerprint density at radius 3 is 2.61 bits per heavy atom. The van der Waals surface area contributed by atoms with Crippen LogP contribution in [0.3, 0.4) is 0 Å². The molecule has 188 valence electrons. The monoisotopic (exact) mass is 490 g/mol. The average molecular weight is 491 g/mol. The fourth-order valence-corrected chi connectivity index (χ4v) is 5.52. The van der Waals surface area contributed by atoms with Gasteiger partial charge >= 0.3 is 6.09 Å². The molecule has 5 rings (SSSR count). The van der Waals surface area contributed by atoms with E-state index < -0.39 is 17.1 Å². The van der Waals surface area contributed by atoms with E-state index in [1.807, 2.05) is 44.5 Å². The molecule has 2 aliphatic rings. The Labute approximate surface area is 210 Å². The van der Waals surface area contributed by atoms with Gasteiger partial charge in [-0.25, -0.2) is 13.9 Å². The number of Topliss-reactive ketones (excluding diaryl/α,β-unsaturated/α-hetero) is 1. The number of hydrogen-bond acceptors (Lipinski definition) is 5. The number of benzene rings is 1. The molecule has 8 heteroatoms. The summed E-state index contributed by atoms with van der Waals surface area (Å²) >= 11 is 0. The second-order valence-corrected chi connectivity index (χ2v) is 11.0. The highest BCUT2D eigenvalue weighted by Gasteiger charge is 2.54. The number of fused-ring (bicyclic) bond motifs is 2. The highest BCUT2D eigenvalue weighted by Crippen LogP contribution is 2.47. The smallest absolute Gasteiger partial charge is 0.410 e. The van der Waals surface area contributed by atoms with Gasteiger partial charge in [0.15, 0.2) is 5.78 Å². The number of amides is 1. The van der Waals surface area contributed by atoms with Crippen molar-refractivity contribution in [3.8, 4) is 5.69 Å². The van der Waals surface area contributed by atoms with Crippen LogP contribution in [-0.2, 0) is 17.6 Å². The van der Waals surface area contributed by atoms with Crippen molar-refractivity contribution in [2.75, 3.05) is 13.1 Å². The number of pyridine rings is 1. The first-order valence-electron chi connectivity index (χ1n) is 12.3. The Morgan fingerprint density at radius 1 is 1.17 bits per heavy atom. The summed E-state index contributed by atoms with van der Waals surface area (Å²) in [5.74, 6) is -0.358. The summed E-state index contributed by atoms with van der Waals surface area (Å²) in [4.78, 5) is 33.3. The Hall–Kier alpha value is -3.55. The predicted octanol–water partition coefficient (Wildman–Crippen LogP) is 4.94. The molecule has 2 unspecified atom stereocenters. The van der Waals surface area contributed by atoms with Crippen LogP contribution in [0.1, 0.15) is 54.5 Å². The van der Waals surface area contributed by atoms with Crippen LogP contribution in [-0.4, -0.2) is 50.2 Å². The fourth-order valence-electron chi connectivity index (χ4n) is 5.52. The Morgan fingerprint density at radius 2 is 1.92 bits per heavy atom. The van der Waals surface area contributed by atoms with Gasteiger partial charge in [-0.15, -0.1) is 0 Å². The second kappa shape index (κ2) is 8.84. The predicted molar refractivity (Wildman–Crippen MR) is 133 cm³/mol. The summed E-state index contributed by atoms with van der Waals surface area (Å²) in [7, 11) is 0. The summed E-state index contributed by atoms with van der Waals surface area (Å²) < 4.78 is 21.0. The molecule has 3 aromatic rings. The second-order valence-electron chi connectivity index (χ2n) is 11.0. The van der Waals surface area contributed by atoms with Crippen LogP contribution >= 0.6 is 0 Å². The van der Waals surface area contributed by atoms with E-state index in [1.165, 1.54) is 12.1 Å². The van der Waals surface area contributed by atoms with Crippen LogP contribution in [0.15, 0.2) is 48.8 Å². The molecule has 0 saturated carbocycles. The minimum absolute atomic E-state index is 0.00519. The number of carbonyl (C=O) groups is 2. The number of ether oxygens (including phenoxy) is 1. The number of aryl methyl sites for hydroxylation is 1. The topological polar surface area (TPSA) is 77.3 Å². The molecule has 1 fully saturated rings. The minimum Gasteiger partial charge on any atom is -0.444 e. The molecule has 1 aromatic carbocycles. The van der Waals surface area contributed by atoms with Gasteiger partial charge in [0, 0.05) is 25.0 Å². The lowest BCUT2D eigenvalue weighted by molar-refractivity contribution is -0.0105. The lowest BCUT2D eigenvalue weighted by atomic mass is 9.60. The Balaban J connectivity index is 1.55. The maximum Gasteiger partial charge on any atom is 0.410 e. The molecule has 7 nitrogen and oxygen atoms in total. The first-order valence-corrected chi connectivity index (χ1v) is 12.3. The zero-order valence-corrected chi connectivity index (χ0v) is 21.1. The summed E-state index contributed by atoms with van der Waals surface area (Å²) in [6.07, 6.45) is 4.78. The van der Waals surface area contributed by atoms with E-state index in [2.05, 4.69) is 10.1 Å². The van der Waals surface area contributed by atoms with E-state index in [9.17, 15) is 14.0 Å². The molecule has 1 amide bonds. The Kier molecular flexibility index (Phi) is 5.93. The standard InChI is InChI=1S/C28H31FN4O3/c1-18-9-11-30-23(13-18)25(34)28-15-19-16-31-33(22-7-5-21(29)6-8-22)24(19)14-20(28)10-12-32(17-28)26(35)36-27(2,3)4/h5-9,11,13,16,20H,10,12,14-15,17H2,1-4H3. The molecule has 2 atom stereocenters. The van der Waals surface area contributed by atoms with E-state index in [0.717, 1.165) is 22.5 Å². The molecular weight excluding hydrogens is 459 g/mol. The quantitative estimate of drug-likeness (QED) is 0.486. The molecular formula is C28H31FN4O3. The van der Waals surface area contributed by atoms with E-state index in [1.54, 1.807) is 29.4 Å². The molecule has 2 aromatic heterocycles. The number of hydrogen-bond donors (Lipinski definition) is 0. The number of rotatable bonds is 3. The maximum absolute atomic E-state index is 14.2. The normalized spacial score (nSPS) is 21.5. The maximum atomic E-state index is 14.2. The molecule has 0 radical (unpaired) electrons. The molecule has 36 heavy (non-hydrogen) atoms. The highest BCUT2D eigenvalue weighted by molar-refractivity contribution is 6.00. The first kappa shape index (κ1) is 24.2. The number of piperidine rings is 1. The SMILES string of the molecule is Cc1ccnc(C(=O)C23Cc4cnn(-c5ccc(F)cc5)c4CC2CCN(C(=O)OC(C)(C)C)C3)c1. The van der Waals surface area contributed by atoms with Crippen molar-refractivity contribution < 1.29 is 18.7 Å². The minimum atomic E-state index is -0.834. The van der Waals surface area contributed by atoms with Gasteiger partial charge in [-0.1, -0.05) is 0 Å². The molecule has 3 heterocycles. The van der Waals surface area contributed by atoms with E-state index in [4.69, 9.17) is 4.74 Å². The highest BCUT2D eigenvalue weighted by atomic mass is 19.1.